The van der Waals surface area contributed by atoms with Gasteiger partial charge in [0.2, 0.25) is 9.84 Å². The van der Waals surface area contributed by atoms with Gasteiger partial charge >= 0.3 is 0 Å². The fraction of sp³-hybridized carbons (Fsp3) is 0.520. The number of aliphatic hydroxyl groups is 1. The van der Waals surface area contributed by atoms with Gasteiger partial charge in [-0.3, -0.25) is 4.79 Å². The molecule has 2 aromatic rings. The van der Waals surface area contributed by atoms with Crippen LogP contribution in [0.5, 0.6) is 5.75 Å². The second kappa shape index (κ2) is 8.40. The number of amides is 1. The summed E-state index contributed by atoms with van der Waals surface area (Å²) in [6.45, 7) is 0. The number of ether oxygens (including phenoxy) is 1. The largest absolute Gasteiger partial charge is 0.477 e. The lowest BCUT2D eigenvalue weighted by Crippen LogP contribution is -2.43. The Kier molecular flexibility index (Phi) is 5.69. The van der Waals surface area contributed by atoms with Gasteiger partial charge in [0.15, 0.2) is 11.0 Å². The van der Waals surface area contributed by atoms with Gasteiger partial charge in [0.1, 0.15) is 5.75 Å². The van der Waals surface area contributed by atoms with Crippen molar-refractivity contribution in [2.24, 2.45) is 17.8 Å². The molecule has 1 amide bonds. The molecule has 176 valence electrons. The summed E-state index contributed by atoms with van der Waals surface area (Å²) in [4.78, 5) is 19.0. The van der Waals surface area contributed by atoms with E-state index in [2.05, 4.69) is 4.98 Å². The van der Waals surface area contributed by atoms with E-state index in [4.69, 9.17) is 4.74 Å². The Morgan fingerprint density at radius 2 is 1.94 bits per heavy atom. The first-order valence-electron chi connectivity index (χ1n) is 11.6. The Morgan fingerprint density at radius 3 is 2.67 bits per heavy atom. The molecule has 7 nitrogen and oxygen atoms in total. The Hall–Kier alpha value is -2.45. The number of fused-ring (bicyclic) bond motifs is 2. The van der Waals surface area contributed by atoms with Gasteiger partial charge in [-0.2, -0.15) is 0 Å². The smallest absolute Gasteiger partial charge is 0.253 e. The summed E-state index contributed by atoms with van der Waals surface area (Å²) < 4.78 is 30.2. The van der Waals surface area contributed by atoms with Crippen LogP contribution in [0.4, 0.5) is 0 Å². The molecule has 1 aromatic carbocycles. The van der Waals surface area contributed by atoms with Crippen LogP contribution in [0.1, 0.15) is 48.9 Å². The molecule has 1 aromatic heterocycles. The zero-order chi connectivity index (χ0) is 23.2. The van der Waals surface area contributed by atoms with Gasteiger partial charge in [-0.1, -0.05) is 6.07 Å². The number of pyridine rings is 1. The van der Waals surface area contributed by atoms with Gasteiger partial charge in [-0.25, -0.2) is 13.4 Å². The van der Waals surface area contributed by atoms with Crippen molar-refractivity contribution >= 4 is 15.7 Å². The van der Waals surface area contributed by atoms with Crippen molar-refractivity contribution in [3.05, 3.63) is 54.2 Å². The zero-order valence-corrected chi connectivity index (χ0v) is 19.6. The van der Waals surface area contributed by atoms with Gasteiger partial charge in [-0.05, 0) is 92.7 Å². The molecule has 1 N–H and O–H groups in total. The van der Waals surface area contributed by atoms with Crippen molar-refractivity contribution in [1.29, 1.82) is 0 Å². The van der Waals surface area contributed by atoms with E-state index >= 15 is 0 Å². The van der Waals surface area contributed by atoms with Crippen molar-refractivity contribution in [3.8, 4) is 5.75 Å². The summed E-state index contributed by atoms with van der Waals surface area (Å²) in [6.07, 6.45) is 7.25. The first-order valence-corrected chi connectivity index (χ1v) is 13.3. The van der Waals surface area contributed by atoms with Crippen LogP contribution in [0.2, 0.25) is 0 Å². The van der Waals surface area contributed by atoms with Gasteiger partial charge in [0.25, 0.3) is 5.91 Å². The molecule has 5 unspecified atom stereocenters. The number of aromatic nitrogens is 1. The summed E-state index contributed by atoms with van der Waals surface area (Å²) in [5, 5.41) is 10.9. The van der Waals surface area contributed by atoms with E-state index in [0.717, 1.165) is 32.1 Å². The molecule has 3 bridgehead atoms. The third kappa shape index (κ3) is 4.38. The minimum Gasteiger partial charge on any atom is -0.477 e. The quantitative estimate of drug-likeness (QED) is 0.696. The first kappa shape index (κ1) is 22.3. The van der Waals surface area contributed by atoms with Gasteiger partial charge < -0.3 is 14.7 Å². The molecule has 5 rings (SSSR count). The van der Waals surface area contributed by atoms with Gasteiger partial charge in [-0.15, -0.1) is 0 Å². The molecule has 0 aliphatic heterocycles. The van der Waals surface area contributed by atoms with E-state index < -0.39 is 21.4 Å². The topological polar surface area (TPSA) is 96.8 Å². The molecule has 0 spiro atoms. The molecule has 3 fully saturated rings. The number of carbonyl (C=O) groups excluding carboxylic acids is 1. The summed E-state index contributed by atoms with van der Waals surface area (Å²) in [6, 6.07) is 11.4. The van der Waals surface area contributed by atoms with Gasteiger partial charge in [0.05, 0.1) is 5.60 Å². The third-order valence-corrected chi connectivity index (χ3v) is 9.10. The second-order valence-electron chi connectivity index (χ2n) is 9.99. The molecular weight excluding hydrogens is 440 g/mol. The molecular formula is C25H30N2O5S. The Bertz CT molecular complexity index is 1120. The molecule has 3 saturated carbocycles. The summed E-state index contributed by atoms with van der Waals surface area (Å²) in [5.74, 6) is 1.24. The lowest BCUT2D eigenvalue weighted by molar-refractivity contribution is -0.00803. The maximum absolute atomic E-state index is 13.2. The van der Waals surface area contributed by atoms with Crippen LogP contribution in [0.15, 0.2) is 53.7 Å². The molecule has 0 radical (unpaired) electrons. The standard InChI is InChI=1S/C25H30N2O5S/c1-27(22-10-5-17-12-19-14-25(29,13-17)15-21(19)22)24(28)18-6-8-20(9-7-18)32-16-33(30,31)23-4-2-3-11-26-23/h2-4,6-9,11,17,19,21-22,29H,5,10,12-16H2,1H3. The highest BCUT2D eigenvalue weighted by Crippen LogP contribution is 2.56. The highest BCUT2D eigenvalue weighted by atomic mass is 32.2. The minimum absolute atomic E-state index is 0.0330. The lowest BCUT2D eigenvalue weighted by Gasteiger charge is -2.36. The molecule has 8 heteroatoms. The van der Waals surface area contributed by atoms with Crippen LogP contribution in [0.3, 0.4) is 0 Å². The Balaban J connectivity index is 1.24. The monoisotopic (exact) mass is 470 g/mol. The molecule has 5 atom stereocenters. The van der Waals surface area contributed by atoms with Crippen molar-refractivity contribution in [2.75, 3.05) is 13.0 Å². The number of nitrogens with zero attached hydrogens (tertiary/aromatic N) is 2. The van der Waals surface area contributed by atoms with Crippen LogP contribution in [0, 0.1) is 17.8 Å². The number of hydrogen-bond acceptors (Lipinski definition) is 6. The van der Waals surface area contributed by atoms with Crippen molar-refractivity contribution in [3.63, 3.8) is 0 Å². The van der Waals surface area contributed by atoms with Crippen LogP contribution < -0.4 is 4.74 Å². The Labute approximate surface area is 194 Å². The van der Waals surface area contributed by atoms with E-state index in [0.29, 0.717) is 29.1 Å². The molecule has 3 aliphatic rings. The predicted molar refractivity (Wildman–Crippen MR) is 122 cm³/mol. The first-order chi connectivity index (χ1) is 15.7. The summed E-state index contributed by atoms with van der Waals surface area (Å²) >= 11 is 0. The number of benzene rings is 1. The van der Waals surface area contributed by atoms with Gasteiger partial charge in [0, 0.05) is 24.8 Å². The van der Waals surface area contributed by atoms with E-state index in [1.165, 1.54) is 18.7 Å². The van der Waals surface area contributed by atoms with E-state index in [9.17, 15) is 18.3 Å². The number of sulfone groups is 1. The summed E-state index contributed by atoms with van der Waals surface area (Å²) in [7, 11) is -1.79. The average molecular weight is 471 g/mol. The molecule has 1 heterocycles. The SMILES string of the molecule is CN(C(=O)c1ccc(OCS(=O)(=O)c2ccccn2)cc1)C1CCC2CC3CC(O)(C2)CC31. The third-order valence-electron chi connectivity index (χ3n) is 7.79. The van der Waals surface area contributed by atoms with Crippen LogP contribution >= 0.6 is 0 Å². The summed E-state index contributed by atoms with van der Waals surface area (Å²) in [5.41, 5.74) is 0.00942. The number of carbonyl (C=O) groups is 1. The normalized spacial score (nSPS) is 30.6. The Morgan fingerprint density at radius 1 is 1.15 bits per heavy atom. The lowest BCUT2D eigenvalue weighted by atomic mass is 9.77. The maximum atomic E-state index is 13.2. The van der Waals surface area contributed by atoms with E-state index in [1.807, 2.05) is 11.9 Å². The second-order valence-corrected chi connectivity index (χ2v) is 11.9. The predicted octanol–water partition coefficient (Wildman–Crippen LogP) is 3.29. The maximum Gasteiger partial charge on any atom is 0.253 e. The van der Waals surface area contributed by atoms with E-state index in [-0.39, 0.29) is 17.0 Å². The highest BCUT2D eigenvalue weighted by Gasteiger charge is 2.54. The molecule has 0 saturated heterocycles. The zero-order valence-electron chi connectivity index (χ0n) is 18.8. The fourth-order valence-corrected chi connectivity index (χ4v) is 7.28. The van der Waals surface area contributed by atoms with Crippen molar-refractivity contribution < 1.29 is 23.1 Å². The van der Waals surface area contributed by atoms with Crippen molar-refractivity contribution in [2.45, 2.75) is 55.2 Å². The average Bonchev–Trinajstić information content (AvgIpc) is 2.98. The van der Waals surface area contributed by atoms with Crippen molar-refractivity contribution in [1.82, 2.24) is 9.88 Å². The van der Waals surface area contributed by atoms with Crippen LogP contribution in [-0.4, -0.2) is 53.9 Å². The molecule has 33 heavy (non-hydrogen) atoms. The minimum atomic E-state index is -3.66. The number of rotatable bonds is 6. The van der Waals surface area contributed by atoms with E-state index in [1.54, 1.807) is 36.4 Å². The highest BCUT2D eigenvalue weighted by molar-refractivity contribution is 7.91. The molecule has 3 aliphatic carbocycles. The number of hydrogen-bond donors (Lipinski definition) is 1. The van der Waals surface area contributed by atoms with Crippen LogP contribution in [-0.2, 0) is 9.84 Å². The van der Waals surface area contributed by atoms with Crippen LogP contribution in [0.25, 0.3) is 0 Å². The fourth-order valence-electron chi connectivity index (χ4n) is 6.36.